The average molecular weight is 475 g/mol. The van der Waals surface area contributed by atoms with E-state index in [1.165, 1.54) is 23.9 Å². The fourth-order valence-electron chi connectivity index (χ4n) is 3.36. The highest BCUT2D eigenvalue weighted by Gasteiger charge is 2.33. The van der Waals surface area contributed by atoms with Crippen molar-refractivity contribution in [2.75, 3.05) is 14.2 Å². The molecule has 8 heteroatoms. The van der Waals surface area contributed by atoms with Crippen LogP contribution in [-0.4, -0.2) is 41.3 Å². The van der Waals surface area contributed by atoms with Crippen molar-refractivity contribution in [2.24, 2.45) is 4.99 Å². The van der Waals surface area contributed by atoms with Gasteiger partial charge < -0.3 is 14.6 Å². The summed E-state index contributed by atoms with van der Waals surface area (Å²) in [5, 5.41) is 9.68. The van der Waals surface area contributed by atoms with Gasteiger partial charge in [0.25, 0.3) is 5.91 Å². The first-order valence-electron chi connectivity index (χ1n) is 10.4. The molecule has 0 aromatic heterocycles. The molecule has 7 nitrogen and oxygen atoms in total. The third-order valence-corrected chi connectivity index (χ3v) is 6.16. The van der Waals surface area contributed by atoms with Crippen LogP contribution in [0.4, 0.5) is 5.69 Å². The minimum absolute atomic E-state index is 0.189. The van der Waals surface area contributed by atoms with E-state index >= 15 is 0 Å². The maximum atomic E-state index is 13.4. The summed E-state index contributed by atoms with van der Waals surface area (Å²) in [5.74, 6) is 0.194. The zero-order valence-corrected chi connectivity index (χ0v) is 19.4. The Morgan fingerprint density at radius 1 is 1.00 bits per heavy atom. The van der Waals surface area contributed by atoms with Crippen LogP contribution in [0.1, 0.15) is 21.5 Å². The SMILES string of the molecule is COc1ccc(N=C2S/C(=C\c3ccccc3OC)C(=O)N2Cc2ccc(C(=O)O)cc2)cc1. The van der Waals surface area contributed by atoms with Crippen LogP contribution in [0, 0.1) is 0 Å². The van der Waals surface area contributed by atoms with Crippen LogP contribution in [0.2, 0.25) is 0 Å². The van der Waals surface area contributed by atoms with Crippen molar-refractivity contribution in [2.45, 2.75) is 6.54 Å². The summed E-state index contributed by atoms with van der Waals surface area (Å²) in [6, 6.07) is 21.2. The Morgan fingerprint density at radius 2 is 1.71 bits per heavy atom. The van der Waals surface area contributed by atoms with E-state index in [2.05, 4.69) is 0 Å². The fraction of sp³-hybridized carbons (Fsp3) is 0.115. The average Bonchev–Trinajstić information content (AvgIpc) is 3.14. The van der Waals surface area contributed by atoms with Crippen LogP contribution in [0.25, 0.3) is 6.08 Å². The number of aromatic carboxylic acids is 1. The Morgan fingerprint density at radius 3 is 2.35 bits per heavy atom. The summed E-state index contributed by atoms with van der Waals surface area (Å²) < 4.78 is 10.6. The fourth-order valence-corrected chi connectivity index (χ4v) is 4.35. The van der Waals surface area contributed by atoms with Crippen molar-refractivity contribution in [3.05, 3.63) is 94.4 Å². The molecule has 0 unspecified atom stereocenters. The summed E-state index contributed by atoms with van der Waals surface area (Å²) in [5.41, 5.74) is 2.45. The standard InChI is InChI=1S/C26H22N2O5S/c1-32-21-13-11-20(12-14-21)27-26-28(16-17-7-9-18(10-8-17)25(30)31)24(29)23(34-26)15-19-5-3-4-6-22(19)33-2/h3-15H,16H2,1-2H3,(H,30,31)/b23-15-,27-26?. The number of thioether (sulfide) groups is 1. The zero-order chi connectivity index (χ0) is 24.1. The molecule has 1 fully saturated rings. The van der Waals surface area contributed by atoms with Crippen LogP contribution in [-0.2, 0) is 11.3 Å². The topological polar surface area (TPSA) is 88.4 Å². The second kappa shape index (κ2) is 10.3. The van der Waals surface area contributed by atoms with Crippen LogP contribution in [0.15, 0.2) is 82.7 Å². The molecular weight excluding hydrogens is 452 g/mol. The molecule has 4 rings (SSSR count). The van der Waals surface area contributed by atoms with E-state index < -0.39 is 5.97 Å². The maximum Gasteiger partial charge on any atom is 0.335 e. The number of hydrogen-bond donors (Lipinski definition) is 1. The Labute approximate surface area is 201 Å². The number of ether oxygens (including phenoxy) is 2. The lowest BCUT2D eigenvalue weighted by atomic mass is 10.1. The number of aliphatic imine (C=N–C) groups is 1. The van der Waals surface area contributed by atoms with E-state index in [1.54, 1.807) is 49.5 Å². The highest BCUT2D eigenvalue weighted by molar-refractivity contribution is 8.18. The molecule has 0 spiro atoms. The first-order valence-corrected chi connectivity index (χ1v) is 11.2. The summed E-state index contributed by atoms with van der Waals surface area (Å²) >= 11 is 1.28. The Bertz CT molecular complexity index is 1270. The number of methoxy groups -OCH3 is 2. The number of carboxylic acids is 1. The predicted molar refractivity (Wildman–Crippen MR) is 133 cm³/mol. The number of amides is 1. The van der Waals surface area contributed by atoms with E-state index in [-0.39, 0.29) is 18.0 Å². The molecule has 34 heavy (non-hydrogen) atoms. The van der Waals surface area contributed by atoms with E-state index in [4.69, 9.17) is 19.6 Å². The number of rotatable bonds is 7. The van der Waals surface area contributed by atoms with Gasteiger partial charge in [0, 0.05) is 5.56 Å². The van der Waals surface area contributed by atoms with Gasteiger partial charge >= 0.3 is 5.97 Å². The third kappa shape index (κ3) is 5.13. The predicted octanol–water partition coefficient (Wildman–Crippen LogP) is 5.21. The lowest BCUT2D eigenvalue weighted by Crippen LogP contribution is -2.28. The van der Waals surface area contributed by atoms with Gasteiger partial charge in [-0.25, -0.2) is 9.79 Å². The minimum Gasteiger partial charge on any atom is -0.497 e. The molecule has 0 bridgehead atoms. The Kier molecular flexibility index (Phi) is 6.98. The van der Waals surface area contributed by atoms with Gasteiger partial charge in [-0.3, -0.25) is 9.69 Å². The Balaban J connectivity index is 1.69. The molecular formula is C26H22N2O5S. The highest BCUT2D eigenvalue weighted by Crippen LogP contribution is 2.36. The number of carbonyl (C=O) groups is 2. The maximum absolute atomic E-state index is 13.4. The second-order valence-electron chi connectivity index (χ2n) is 7.34. The van der Waals surface area contributed by atoms with Crippen molar-refractivity contribution in [1.82, 2.24) is 4.90 Å². The van der Waals surface area contributed by atoms with Gasteiger partial charge in [0.15, 0.2) is 5.17 Å². The third-order valence-electron chi connectivity index (χ3n) is 5.15. The van der Waals surface area contributed by atoms with Gasteiger partial charge in [-0.1, -0.05) is 30.3 Å². The van der Waals surface area contributed by atoms with E-state index in [0.29, 0.717) is 27.3 Å². The van der Waals surface area contributed by atoms with E-state index in [9.17, 15) is 9.59 Å². The van der Waals surface area contributed by atoms with Crippen molar-refractivity contribution in [3.63, 3.8) is 0 Å². The molecule has 1 aliphatic rings. The quantitative estimate of drug-likeness (QED) is 0.473. The Hall–Kier alpha value is -4.04. The number of nitrogens with zero attached hydrogens (tertiary/aromatic N) is 2. The van der Waals surface area contributed by atoms with Crippen LogP contribution >= 0.6 is 11.8 Å². The van der Waals surface area contributed by atoms with Gasteiger partial charge in [0.2, 0.25) is 0 Å². The van der Waals surface area contributed by atoms with Crippen LogP contribution < -0.4 is 9.47 Å². The van der Waals surface area contributed by atoms with Crippen LogP contribution in [0.3, 0.4) is 0 Å². The molecule has 1 heterocycles. The summed E-state index contributed by atoms with van der Waals surface area (Å²) in [4.78, 5) is 31.4. The molecule has 0 aliphatic carbocycles. The van der Waals surface area contributed by atoms with Gasteiger partial charge in [-0.15, -0.1) is 0 Å². The molecule has 1 N–H and O–H groups in total. The molecule has 3 aromatic carbocycles. The number of benzene rings is 3. The molecule has 0 saturated carbocycles. The largest absolute Gasteiger partial charge is 0.497 e. The number of para-hydroxylation sites is 1. The summed E-state index contributed by atoms with van der Waals surface area (Å²) in [6.07, 6.45) is 1.79. The number of hydrogen-bond acceptors (Lipinski definition) is 6. The molecule has 1 aliphatic heterocycles. The van der Waals surface area contributed by atoms with Crippen LogP contribution in [0.5, 0.6) is 11.5 Å². The lowest BCUT2D eigenvalue weighted by Gasteiger charge is -2.16. The van der Waals surface area contributed by atoms with Gasteiger partial charge in [-0.05, 0) is 65.9 Å². The second-order valence-corrected chi connectivity index (χ2v) is 8.35. The van der Waals surface area contributed by atoms with E-state index in [1.807, 2.05) is 36.4 Å². The van der Waals surface area contributed by atoms with Crippen molar-refractivity contribution >= 4 is 40.6 Å². The minimum atomic E-state index is -0.997. The van der Waals surface area contributed by atoms with Crippen molar-refractivity contribution in [3.8, 4) is 11.5 Å². The smallest absolute Gasteiger partial charge is 0.335 e. The molecule has 3 aromatic rings. The normalized spacial score (nSPS) is 15.7. The monoisotopic (exact) mass is 474 g/mol. The lowest BCUT2D eigenvalue weighted by molar-refractivity contribution is -0.122. The van der Waals surface area contributed by atoms with Crippen molar-refractivity contribution in [1.29, 1.82) is 0 Å². The molecule has 1 amide bonds. The van der Waals surface area contributed by atoms with Crippen molar-refractivity contribution < 1.29 is 24.2 Å². The van der Waals surface area contributed by atoms with Gasteiger partial charge in [0.1, 0.15) is 11.5 Å². The van der Waals surface area contributed by atoms with Gasteiger partial charge in [0.05, 0.1) is 36.9 Å². The number of amidine groups is 1. The highest BCUT2D eigenvalue weighted by atomic mass is 32.2. The molecule has 0 atom stereocenters. The first-order chi connectivity index (χ1) is 16.5. The summed E-state index contributed by atoms with van der Waals surface area (Å²) in [7, 11) is 3.18. The molecule has 172 valence electrons. The van der Waals surface area contributed by atoms with Gasteiger partial charge in [-0.2, -0.15) is 0 Å². The number of carboxylic acid groups (broad SMARTS) is 1. The summed E-state index contributed by atoms with van der Waals surface area (Å²) in [6.45, 7) is 0.254. The molecule has 0 radical (unpaired) electrons. The zero-order valence-electron chi connectivity index (χ0n) is 18.6. The number of carbonyl (C=O) groups excluding carboxylic acids is 1. The molecule has 1 saturated heterocycles. The van der Waals surface area contributed by atoms with E-state index in [0.717, 1.165) is 11.1 Å². The first kappa shape index (κ1) is 23.1.